The van der Waals surface area contributed by atoms with Crippen molar-refractivity contribution in [1.82, 2.24) is 0 Å². The van der Waals surface area contributed by atoms with Gasteiger partial charge in [0.25, 0.3) is 0 Å². The van der Waals surface area contributed by atoms with E-state index in [9.17, 15) is 14.4 Å². The zero-order chi connectivity index (χ0) is 41.9. The fourth-order valence-corrected chi connectivity index (χ4v) is 7.60. The summed E-state index contributed by atoms with van der Waals surface area (Å²) in [5, 5.41) is 0. The second-order valence-corrected chi connectivity index (χ2v) is 18.2. The highest BCUT2D eigenvalue weighted by molar-refractivity contribution is 5.71. The van der Waals surface area contributed by atoms with E-state index in [4.69, 9.17) is 14.2 Å². The number of carbonyl (C=O) groups is 3. The predicted molar refractivity (Wildman–Crippen MR) is 243 cm³/mol. The molecule has 0 spiro atoms. The lowest BCUT2D eigenvalue weighted by Gasteiger charge is -2.18. The summed E-state index contributed by atoms with van der Waals surface area (Å²) in [5.41, 5.74) is 0. The minimum atomic E-state index is -0.761. The lowest BCUT2D eigenvalue weighted by atomic mass is 9.99. The number of hydrogen-bond donors (Lipinski definition) is 0. The van der Waals surface area contributed by atoms with Gasteiger partial charge in [0.1, 0.15) is 13.2 Å². The van der Waals surface area contributed by atoms with Crippen LogP contribution in [0.2, 0.25) is 0 Å². The van der Waals surface area contributed by atoms with Gasteiger partial charge in [0.05, 0.1) is 0 Å². The molecule has 57 heavy (non-hydrogen) atoms. The second kappa shape index (κ2) is 44.0. The van der Waals surface area contributed by atoms with Gasteiger partial charge in [-0.2, -0.15) is 0 Å². The Morgan fingerprint density at radius 1 is 0.368 bits per heavy atom. The molecule has 0 rings (SSSR count). The van der Waals surface area contributed by atoms with Gasteiger partial charge in [-0.25, -0.2) is 0 Å². The smallest absolute Gasteiger partial charge is 0.306 e. The van der Waals surface area contributed by atoms with E-state index in [1.54, 1.807) is 0 Å². The first-order valence-electron chi connectivity index (χ1n) is 25.3. The first kappa shape index (κ1) is 55.4. The number of carbonyl (C=O) groups excluding carboxylic acids is 3. The van der Waals surface area contributed by atoms with Crippen LogP contribution in [0.3, 0.4) is 0 Å². The maximum Gasteiger partial charge on any atom is 0.306 e. The average molecular weight is 807 g/mol. The molecule has 1 unspecified atom stereocenters. The van der Waals surface area contributed by atoms with Crippen LogP contribution in [0.15, 0.2) is 0 Å². The van der Waals surface area contributed by atoms with Crippen LogP contribution in [0.25, 0.3) is 0 Å². The summed E-state index contributed by atoms with van der Waals surface area (Å²) in [7, 11) is 0. The summed E-state index contributed by atoms with van der Waals surface area (Å²) in [5.74, 6) is 0.798. The van der Waals surface area contributed by atoms with Crippen molar-refractivity contribution < 1.29 is 28.6 Å². The minimum Gasteiger partial charge on any atom is -0.462 e. The maximum absolute atomic E-state index is 12.8. The Hall–Kier alpha value is -1.59. The Labute approximate surface area is 355 Å². The molecule has 0 bridgehead atoms. The molecule has 0 saturated heterocycles. The topological polar surface area (TPSA) is 78.9 Å². The van der Waals surface area contributed by atoms with Gasteiger partial charge in [-0.1, -0.05) is 240 Å². The van der Waals surface area contributed by atoms with Gasteiger partial charge in [0.15, 0.2) is 6.10 Å². The lowest BCUT2D eigenvalue weighted by molar-refractivity contribution is -0.167. The number of unbranched alkanes of at least 4 members (excludes halogenated alkanes) is 29. The monoisotopic (exact) mass is 807 g/mol. The number of esters is 3. The largest absolute Gasteiger partial charge is 0.462 e. The quantitative estimate of drug-likeness (QED) is 0.0346. The molecule has 0 aromatic rings. The van der Waals surface area contributed by atoms with Crippen molar-refractivity contribution in [3.05, 3.63) is 0 Å². The van der Waals surface area contributed by atoms with Crippen LogP contribution < -0.4 is 0 Å². The Morgan fingerprint density at radius 2 is 0.667 bits per heavy atom. The average Bonchev–Trinajstić information content (AvgIpc) is 3.19. The van der Waals surface area contributed by atoms with Crippen LogP contribution in [0.5, 0.6) is 0 Å². The van der Waals surface area contributed by atoms with E-state index in [1.807, 2.05) is 0 Å². The van der Waals surface area contributed by atoms with Crippen molar-refractivity contribution in [1.29, 1.82) is 0 Å². The fraction of sp³-hybridized carbons (Fsp3) is 0.941. The highest BCUT2D eigenvalue weighted by Crippen LogP contribution is 2.18. The van der Waals surface area contributed by atoms with Crippen molar-refractivity contribution in [2.45, 2.75) is 285 Å². The highest BCUT2D eigenvalue weighted by Gasteiger charge is 2.19. The molecule has 0 fully saturated rings. The summed E-state index contributed by atoms with van der Waals surface area (Å²) < 4.78 is 16.8. The third-order valence-electron chi connectivity index (χ3n) is 11.8. The van der Waals surface area contributed by atoms with Crippen molar-refractivity contribution in [2.75, 3.05) is 13.2 Å². The Kier molecular flexibility index (Phi) is 42.7. The fourth-order valence-electron chi connectivity index (χ4n) is 7.60. The van der Waals surface area contributed by atoms with Crippen LogP contribution in [0.4, 0.5) is 0 Å². The van der Waals surface area contributed by atoms with Gasteiger partial charge < -0.3 is 14.2 Å². The SMILES string of the molecule is CCCCCCCCCCCCCCCCCC(=O)O[C@H](COC(=O)CCCCCCCCCCCCC(C)CC)COC(=O)CCCCCCCCCC(C)C. The standard InChI is InChI=1S/C51H98O6/c1-6-8-9-10-11-12-13-14-15-16-17-22-27-33-38-43-51(54)57-48(45-56-50(53)42-37-32-28-23-24-29-34-39-46(3)4)44-55-49(52)41-36-31-26-21-19-18-20-25-30-35-40-47(5)7-2/h46-48H,6-45H2,1-5H3/t47?,48-/m1/s1. The molecule has 0 aliphatic heterocycles. The third-order valence-corrected chi connectivity index (χ3v) is 11.8. The highest BCUT2D eigenvalue weighted by atomic mass is 16.6. The van der Waals surface area contributed by atoms with E-state index in [0.29, 0.717) is 19.3 Å². The Morgan fingerprint density at radius 3 is 1.00 bits per heavy atom. The Balaban J connectivity index is 4.31. The molecule has 0 aromatic heterocycles. The van der Waals surface area contributed by atoms with Crippen molar-refractivity contribution in [3.8, 4) is 0 Å². The third kappa shape index (κ3) is 43.8. The summed E-state index contributed by atoms with van der Waals surface area (Å²) >= 11 is 0. The van der Waals surface area contributed by atoms with Crippen molar-refractivity contribution in [2.24, 2.45) is 11.8 Å². The van der Waals surface area contributed by atoms with E-state index in [2.05, 4.69) is 34.6 Å². The minimum absolute atomic E-state index is 0.0646. The molecule has 0 N–H and O–H groups in total. The molecule has 2 atom stereocenters. The maximum atomic E-state index is 12.8. The molecule has 0 aromatic carbocycles. The van der Waals surface area contributed by atoms with Gasteiger partial charge in [0.2, 0.25) is 0 Å². The Bertz CT molecular complexity index is 872. The number of hydrogen-bond acceptors (Lipinski definition) is 6. The van der Waals surface area contributed by atoms with Crippen LogP contribution in [-0.2, 0) is 28.6 Å². The molecular weight excluding hydrogens is 709 g/mol. The second-order valence-electron chi connectivity index (χ2n) is 18.2. The first-order chi connectivity index (χ1) is 27.8. The van der Waals surface area contributed by atoms with Gasteiger partial charge in [0, 0.05) is 19.3 Å². The van der Waals surface area contributed by atoms with E-state index in [0.717, 1.165) is 69.6 Å². The summed E-state index contributed by atoms with van der Waals surface area (Å²) in [4.78, 5) is 37.9. The van der Waals surface area contributed by atoms with Crippen LogP contribution in [0.1, 0.15) is 279 Å². The lowest BCUT2D eigenvalue weighted by Crippen LogP contribution is -2.30. The molecule has 0 aliphatic rings. The van der Waals surface area contributed by atoms with Gasteiger partial charge in [-0.3, -0.25) is 14.4 Å². The van der Waals surface area contributed by atoms with Crippen LogP contribution in [0, 0.1) is 11.8 Å². The number of ether oxygens (including phenoxy) is 3. The predicted octanol–water partition coefficient (Wildman–Crippen LogP) is 16.1. The molecule has 0 heterocycles. The zero-order valence-corrected chi connectivity index (χ0v) is 39.0. The van der Waals surface area contributed by atoms with Crippen LogP contribution in [-0.4, -0.2) is 37.2 Å². The summed E-state index contributed by atoms with van der Waals surface area (Å²) in [6, 6.07) is 0. The van der Waals surface area contributed by atoms with Gasteiger partial charge in [-0.05, 0) is 31.1 Å². The summed E-state index contributed by atoms with van der Waals surface area (Å²) in [6.45, 7) is 11.3. The molecule has 6 nitrogen and oxygen atoms in total. The molecular formula is C51H98O6. The van der Waals surface area contributed by atoms with Gasteiger partial charge >= 0.3 is 17.9 Å². The molecule has 0 aliphatic carbocycles. The zero-order valence-electron chi connectivity index (χ0n) is 39.0. The number of rotatable bonds is 45. The molecule has 0 radical (unpaired) electrons. The van der Waals surface area contributed by atoms with Crippen molar-refractivity contribution in [3.63, 3.8) is 0 Å². The van der Waals surface area contributed by atoms with E-state index >= 15 is 0 Å². The first-order valence-corrected chi connectivity index (χ1v) is 25.3. The van der Waals surface area contributed by atoms with Crippen molar-refractivity contribution >= 4 is 17.9 Å². The van der Waals surface area contributed by atoms with E-state index in [-0.39, 0.29) is 31.1 Å². The molecule has 6 heteroatoms. The molecule has 338 valence electrons. The van der Waals surface area contributed by atoms with Gasteiger partial charge in [-0.15, -0.1) is 0 Å². The van der Waals surface area contributed by atoms with E-state index < -0.39 is 6.10 Å². The molecule has 0 amide bonds. The normalized spacial score (nSPS) is 12.5. The summed E-state index contributed by atoms with van der Waals surface area (Å²) in [6.07, 6.45) is 43.7. The van der Waals surface area contributed by atoms with E-state index in [1.165, 1.54) is 167 Å². The van der Waals surface area contributed by atoms with Crippen LogP contribution >= 0.6 is 0 Å². The molecule has 0 saturated carbocycles.